The molecule has 1 aromatic rings. The predicted octanol–water partition coefficient (Wildman–Crippen LogP) is 1.70. The Bertz CT molecular complexity index is 323. The van der Waals surface area contributed by atoms with Gasteiger partial charge in [-0.2, -0.15) is 5.10 Å². The highest BCUT2D eigenvalue weighted by Gasteiger charge is 2.16. The molecule has 5 heteroatoms. The van der Waals surface area contributed by atoms with Crippen molar-refractivity contribution in [1.82, 2.24) is 10.2 Å². The summed E-state index contributed by atoms with van der Waals surface area (Å²) >= 11 is 6.06. The molecular weight excluding hydrogens is 200 g/mol. The number of nitrogens with two attached hydrogens (primary N) is 1. The first-order chi connectivity index (χ1) is 6.79. The van der Waals surface area contributed by atoms with Gasteiger partial charge in [-0.15, -0.1) is 5.10 Å². The Morgan fingerprint density at radius 1 is 1.29 bits per heavy atom. The highest BCUT2D eigenvalue weighted by atomic mass is 35.5. The minimum atomic E-state index is 0.502. The molecule has 0 bridgehead atoms. The summed E-state index contributed by atoms with van der Waals surface area (Å²) in [6, 6.07) is 0. The van der Waals surface area contributed by atoms with Crippen LogP contribution in [0.5, 0.6) is 0 Å². The molecule has 0 radical (unpaired) electrons. The van der Waals surface area contributed by atoms with Crippen molar-refractivity contribution < 1.29 is 0 Å². The molecule has 0 aliphatic carbocycles. The highest BCUT2D eigenvalue weighted by molar-refractivity contribution is 6.35. The Morgan fingerprint density at radius 3 is 2.71 bits per heavy atom. The largest absolute Gasteiger partial charge is 0.396 e. The van der Waals surface area contributed by atoms with Gasteiger partial charge in [0, 0.05) is 13.1 Å². The zero-order valence-electron chi connectivity index (χ0n) is 7.91. The van der Waals surface area contributed by atoms with Gasteiger partial charge in [0.25, 0.3) is 0 Å². The van der Waals surface area contributed by atoms with Gasteiger partial charge >= 0.3 is 0 Å². The van der Waals surface area contributed by atoms with Crippen molar-refractivity contribution in [1.29, 1.82) is 0 Å². The van der Waals surface area contributed by atoms with E-state index in [0.29, 0.717) is 10.7 Å². The molecule has 1 aromatic heterocycles. The van der Waals surface area contributed by atoms with Gasteiger partial charge in [-0.3, -0.25) is 0 Å². The highest BCUT2D eigenvalue weighted by Crippen LogP contribution is 2.29. The van der Waals surface area contributed by atoms with Gasteiger partial charge in [0.05, 0.1) is 11.9 Å². The molecule has 0 unspecified atom stereocenters. The summed E-state index contributed by atoms with van der Waals surface area (Å²) in [5.74, 6) is 0.728. The summed E-state index contributed by atoms with van der Waals surface area (Å²) in [7, 11) is 0. The molecular formula is C9H13ClN4. The molecule has 0 spiro atoms. The van der Waals surface area contributed by atoms with E-state index in [9.17, 15) is 0 Å². The van der Waals surface area contributed by atoms with Crippen molar-refractivity contribution in [3.63, 3.8) is 0 Å². The average molecular weight is 213 g/mol. The summed E-state index contributed by atoms with van der Waals surface area (Å²) < 4.78 is 0. The lowest BCUT2D eigenvalue weighted by Gasteiger charge is -2.27. The Balaban J connectivity index is 2.26. The maximum absolute atomic E-state index is 6.06. The first-order valence-electron chi connectivity index (χ1n) is 4.80. The maximum atomic E-state index is 6.06. The smallest absolute Gasteiger partial charge is 0.172 e. The summed E-state index contributed by atoms with van der Waals surface area (Å²) in [5, 5.41) is 8.38. The number of rotatable bonds is 1. The summed E-state index contributed by atoms with van der Waals surface area (Å²) in [6.45, 7) is 2.00. The lowest BCUT2D eigenvalue weighted by Crippen LogP contribution is -2.30. The number of hydrogen-bond acceptors (Lipinski definition) is 4. The molecule has 1 aliphatic rings. The van der Waals surface area contributed by atoms with E-state index in [-0.39, 0.29) is 0 Å². The van der Waals surface area contributed by atoms with Crippen LogP contribution in [0.3, 0.4) is 0 Å². The molecule has 1 fully saturated rings. The Hall–Kier alpha value is -1.03. The van der Waals surface area contributed by atoms with E-state index in [1.54, 1.807) is 0 Å². The van der Waals surface area contributed by atoms with Crippen LogP contribution in [0.2, 0.25) is 5.02 Å². The minimum absolute atomic E-state index is 0.502. The van der Waals surface area contributed by atoms with E-state index in [1.165, 1.54) is 25.5 Å². The Labute approximate surface area is 88.1 Å². The van der Waals surface area contributed by atoms with Gasteiger partial charge in [-0.1, -0.05) is 11.6 Å². The number of aromatic nitrogens is 2. The number of nitrogen functional groups attached to an aromatic ring is 1. The quantitative estimate of drug-likeness (QED) is 0.770. The SMILES string of the molecule is Nc1cnnc(N2CCCCC2)c1Cl. The van der Waals surface area contributed by atoms with Crippen LogP contribution in [0.15, 0.2) is 6.20 Å². The molecule has 0 aromatic carbocycles. The molecule has 14 heavy (non-hydrogen) atoms. The molecule has 76 valence electrons. The van der Waals surface area contributed by atoms with Gasteiger partial charge in [0.15, 0.2) is 5.82 Å². The zero-order valence-corrected chi connectivity index (χ0v) is 8.67. The second kappa shape index (κ2) is 4.00. The molecule has 1 saturated heterocycles. The summed E-state index contributed by atoms with van der Waals surface area (Å²) in [6.07, 6.45) is 5.14. The third-order valence-corrected chi connectivity index (χ3v) is 2.84. The van der Waals surface area contributed by atoms with Gasteiger partial charge < -0.3 is 10.6 Å². The van der Waals surface area contributed by atoms with Crippen LogP contribution >= 0.6 is 11.6 Å². The zero-order chi connectivity index (χ0) is 9.97. The van der Waals surface area contributed by atoms with Crippen LogP contribution < -0.4 is 10.6 Å². The van der Waals surface area contributed by atoms with E-state index in [1.807, 2.05) is 0 Å². The lowest BCUT2D eigenvalue weighted by atomic mass is 10.1. The fraction of sp³-hybridized carbons (Fsp3) is 0.556. The van der Waals surface area contributed by atoms with E-state index >= 15 is 0 Å². The monoisotopic (exact) mass is 212 g/mol. The molecule has 2 N–H and O–H groups in total. The van der Waals surface area contributed by atoms with Crippen LogP contribution in [-0.4, -0.2) is 23.3 Å². The van der Waals surface area contributed by atoms with Crippen molar-refractivity contribution in [2.24, 2.45) is 0 Å². The van der Waals surface area contributed by atoms with Crippen LogP contribution in [-0.2, 0) is 0 Å². The van der Waals surface area contributed by atoms with E-state index in [4.69, 9.17) is 17.3 Å². The van der Waals surface area contributed by atoms with Crippen LogP contribution in [0, 0.1) is 0 Å². The molecule has 0 atom stereocenters. The van der Waals surface area contributed by atoms with E-state index in [2.05, 4.69) is 15.1 Å². The minimum Gasteiger partial charge on any atom is -0.396 e. The predicted molar refractivity (Wildman–Crippen MR) is 57.5 cm³/mol. The summed E-state index contributed by atoms with van der Waals surface area (Å²) in [4.78, 5) is 2.15. The van der Waals surface area contributed by atoms with Crippen molar-refractivity contribution in [3.05, 3.63) is 11.2 Å². The normalized spacial score (nSPS) is 17.1. The number of anilines is 2. The van der Waals surface area contributed by atoms with Crippen molar-refractivity contribution in [3.8, 4) is 0 Å². The summed E-state index contributed by atoms with van der Waals surface area (Å²) in [5.41, 5.74) is 6.17. The third-order valence-electron chi connectivity index (χ3n) is 2.45. The van der Waals surface area contributed by atoms with Crippen LogP contribution in [0.1, 0.15) is 19.3 Å². The van der Waals surface area contributed by atoms with Gasteiger partial charge in [-0.05, 0) is 19.3 Å². The first-order valence-corrected chi connectivity index (χ1v) is 5.18. The number of halogens is 1. The molecule has 2 rings (SSSR count). The van der Waals surface area contributed by atoms with Gasteiger partial charge in [0.1, 0.15) is 5.02 Å². The molecule has 2 heterocycles. The van der Waals surface area contributed by atoms with Crippen LogP contribution in [0.4, 0.5) is 11.5 Å². The Morgan fingerprint density at radius 2 is 2.00 bits per heavy atom. The van der Waals surface area contributed by atoms with Gasteiger partial charge in [0.2, 0.25) is 0 Å². The molecule has 1 aliphatic heterocycles. The lowest BCUT2D eigenvalue weighted by molar-refractivity contribution is 0.571. The average Bonchev–Trinajstić information content (AvgIpc) is 2.23. The second-order valence-electron chi connectivity index (χ2n) is 3.49. The molecule has 0 saturated carbocycles. The third kappa shape index (κ3) is 1.75. The number of piperidine rings is 1. The Kier molecular flexibility index (Phi) is 2.72. The fourth-order valence-corrected chi connectivity index (χ4v) is 1.89. The number of hydrogen-bond donors (Lipinski definition) is 1. The number of nitrogens with zero attached hydrogens (tertiary/aromatic N) is 3. The van der Waals surface area contributed by atoms with Crippen molar-refractivity contribution in [2.45, 2.75) is 19.3 Å². The van der Waals surface area contributed by atoms with E-state index in [0.717, 1.165) is 18.9 Å². The standard InChI is InChI=1S/C9H13ClN4/c10-8-7(11)6-12-13-9(8)14-4-2-1-3-5-14/h6H,1-5H2,(H2,11,13). The fourth-order valence-electron chi connectivity index (χ4n) is 1.68. The maximum Gasteiger partial charge on any atom is 0.172 e. The molecule has 4 nitrogen and oxygen atoms in total. The first kappa shape index (κ1) is 9.52. The van der Waals surface area contributed by atoms with Crippen molar-refractivity contribution >= 4 is 23.1 Å². The van der Waals surface area contributed by atoms with Gasteiger partial charge in [-0.25, -0.2) is 0 Å². The van der Waals surface area contributed by atoms with E-state index < -0.39 is 0 Å². The van der Waals surface area contributed by atoms with Crippen LogP contribution in [0.25, 0.3) is 0 Å². The topological polar surface area (TPSA) is 55.0 Å². The second-order valence-corrected chi connectivity index (χ2v) is 3.86. The molecule has 0 amide bonds. The van der Waals surface area contributed by atoms with Crippen molar-refractivity contribution in [2.75, 3.05) is 23.7 Å².